The van der Waals surface area contributed by atoms with Gasteiger partial charge in [-0.2, -0.15) is 0 Å². The topological polar surface area (TPSA) is 54.9 Å². The molecule has 1 aromatic rings. The van der Waals surface area contributed by atoms with Gasteiger partial charge < -0.3 is 19.3 Å². The molecule has 0 N–H and O–H groups in total. The second kappa shape index (κ2) is 8.31. The van der Waals surface area contributed by atoms with Crippen LogP contribution in [0.25, 0.3) is 0 Å². The van der Waals surface area contributed by atoms with Crippen LogP contribution in [-0.2, 0) is 9.53 Å². The van der Waals surface area contributed by atoms with Crippen LogP contribution in [0.4, 0.5) is 4.39 Å². The lowest BCUT2D eigenvalue weighted by molar-refractivity contribution is -0.138. The molecule has 7 heteroatoms. The van der Waals surface area contributed by atoms with Gasteiger partial charge in [0.2, 0.25) is 11.8 Å². The van der Waals surface area contributed by atoms with E-state index in [1.807, 2.05) is 23.9 Å². The van der Waals surface area contributed by atoms with E-state index in [4.69, 9.17) is 9.47 Å². The third-order valence-electron chi connectivity index (χ3n) is 5.44. The highest BCUT2D eigenvalue weighted by Gasteiger charge is 2.46. The molecule has 3 rings (SSSR count). The van der Waals surface area contributed by atoms with Crippen LogP contribution < -0.4 is 4.74 Å². The van der Waals surface area contributed by atoms with Gasteiger partial charge in [-0.25, -0.2) is 9.37 Å². The van der Waals surface area contributed by atoms with Crippen molar-refractivity contribution in [3.05, 3.63) is 24.1 Å². The minimum atomic E-state index is -0.433. The first-order valence-corrected chi connectivity index (χ1v) is 9.30. The Morgan fingerprint density at radius 2 is 2.23 bits per heavy atom. The van der Waals surface area contributed by atoms with E-state index >= 15 is 0 Å². The van der Waals surface area contributed by atoms with E-state index in [2.05, 4.69) is 4.98 Å². The van der Waals surface area contributed by atoms with Gasteiger partial charge in [-0.05, 0) is 57.8 Å². The van der Waals surface area contributed by atoms with Crippen LogP contribution in [0.3, 0.4) is 0 Å². The summed E-state index contributed by atoms with van der Waals surface area (Å²) in [6.45, 7) is 3.08. The number of carbonyl (C=O) groups is 1. The number of halogens is 1. The molecular weight excluding hydrogens is 337 g/mol. The third-order valence-corrected chi connectivity index (χ3v) is 5.44. The molecule has 3 heterocycles. The molecule has 2 aliphatic heterocycles. The summed E-state index contributed by atoms with van der Waals surface area (Å²) in [4.78, 5) is 20.0. The molecule has 1 atom stereocenters. The van der Waals surface area contributed by atoms with E-state index in [1.54, 1.807) is 6.07 Å². The minimum Gasteiger partial charge on any atom is -0.476 e. The van der Waals surface area contributed by atoms with E-state index < -0.39 is 5.82 Å². The molecular formula is C19H28FN3O3. The Labute approximate surface area is 154 Å². The van der Waals surface area contributed by atoms with Crippen LogP contribution in [0.2, 0.25) is 0 Å². The SMILES string of the molecule is CN(C)CC(=O)N1CCC2(CC1)OCC[C@H]2CCOc1ncccc1F. The van der Waals surface area contributed by atoms with Gasteiger partial charge in [0.15, 0.2) is 5.82 Å². The van der Waals surface area contributed by atoms with Crippen LogP contribution in [-0.4, -0.2) is 73.2 Å². The van der Waals surface area contributed by atoms with Gasteiger partial charge in [0.05, 0.1) is 18.8 Å². The lowest BCUT2D eigenvalue weighted by Gasteiger charge is -2.42. The number of likely N-dealkylation sites (tertiary alicyclic amines) is 1. The van der Waals surface area contributed by atoms with Crippen molar-refractivity contribution in [2.45, 2.75) is 31.3 Å². The molecule has 144 valence electrons. The van der Waals surface area contributed by atoms with E-state index in [0.29, 0.717) is 19.1 Å². The molecule has 1 spiro atoms. The Bertz CT molecular complexity index is 618. The van der Waals surface area contributed by atoms with E-state index in [0.717, 1.165) is 45.4 Å². The molecule has 1 amide bonds. The number of aromatic nitrogens is 1. The summed E-state index contributed by atoms with van der Waals surface area (Å²) in [7, 11) is 3.81. The molecule has 0 saturated carbocycles. The third kappa shape index (κ3) is 4.32. The lowest BCUT2D eigenvalue weighted by Crippen LogP contribution is -2.51. The molecule has 6 nitrogen and oxygen atoms in total. The number of amides is 1. The fourth-order valence-electron chi connectivity index (χ4n) is 4.03. The number of likely N-dealkylation sites (N-methyl/N-ethyl adjacent to an activating group) is 1. The average molecular weight is 365 g/mol. The summed E-state index contributed by atoms with van der Waals surface area (Å²) in [5, 5.41) is 0. The summed E-state index contributed by atoms with van der Waals surface area (Å²) in [6.07, 6.45) is 5.03. The predicted octanol–water partition coefficient (Wildman–Crippen LogP) is 1.95. The Morgan fingerprint density at radius 1 is 1.46 bits per heavy atom. The maximum atomic E-state index is 13.6. The molecule has 2 aliphatic rings. The lowest BCUT2D eigenvalue weighted by atomic mass is 9.78. The molecule has 0 radical (unpaired) electrons. The number of rotatable bonds is 6. The second-order valence-corrected chi connectivity index (χ2v) is 7.44. The number of hydrogen-bond donors (Lipinski definition) is 0. The van der Waals surface area contributed by atoms with Gasteiger partial charge in [0, 0.05) is 25.9 Å². The first kappa shape index (κ1) is 19.0. The Hall–Kier alpha value is -1.73. The zero-order valence-electron chi connectivity index (χ0n) is 15.6. The van der Waals surface area contributed by atoms with Crippen LogP contribution >= 0.6 is 0 Å². The fourth-order valence-corrected chi connectivity index (χ4v) is 4.03. The van der Waals surface area contributed by atoms with Crippen molar-refractivity contribution < 1.29 is 18.7 Å². The molecule has 0 unspecified atom stereocenters. The monoisotopic (exact) mass is 365 g/mol. The number of carbonyl (C=O) groups excluding carboxylic acids is 1. The Balaban J connectivity index is 1.50. The highest BCUT2D eigenvalue weighted by molar-refractivity contribution is 5.78. The van der Waals surface area contributed by atoms with Gasteiger partial charge in [0.1, 0.15) is 0 Å². The van der Waals surface area contributed by atoms with Crippen molar-refractivity contribution in [3.63, 3.8) is 0 Å². The van der Waals surface area contributed by atoms with Gasteiger partial charge in [-0.1, -0.05) is 0 Å². The largest absolute Gasteiger partial charge is 0.476 e. The average Bonchev–Trinajstić information content (AvgIpc) is 2.99. The number of piperidine rings is 1. The van der Waals surface area contributed by atoms with Gasteiger partial charge in [0.25, 0.3) is 0 Å². The zero-order valence-corrected chi connectivity index (χ0v) is 15.6. The fraction of sp³-hybridized carbons (Fsp3) is 0.684. The van der Waals surface area contributed by atoms with Crippen molar-refractivity contribution in [1.29, 1.82) is 0 Å². The van der Waals surface area contributed by atoms with Gasteiger partial charge in [-0.3, -0.25) is 4.79 Å². The maximum absolute atomic E-state index is 13.6. The number of hydrogen-bond acceptors (Lipinski definition) is 5. The molecule has 2 fully saturated rings. The van der Waals surface area contributed by atoms with Gasteiger partial charge in [-0.15, -0.1) is 0 Å². The van der Waals surface area contributed by atoms with Crippen LogP contribution in [0.1, 0.15) is 25.7 Å². The highest BCUT2D eigenvalue weighted by atomic mass is 19.1. The number of pyridine rings is 1. The predicted molar refractivity (Wildman–Crippen MR) is 95.5 cm³/mol. The van der Waals surface area contributed by atoms with Crippen molar-refractivity contribution in [2.75, 3.05) is 46.9 Å². The maximum Gasteiger partial charge on any atom is 0.250 e. The molecule has 2 saturated heterocycles. The molecule has 0 aliphatic carbocycles. The van der Waals surface area contributed by atoms with E-state index in [-0.39, 0.29) is 17.4 Å². The zero-order chi connectivity index (χ0) is 18.6. The summed E-state index contributed by atoms with van der Waals surface area (Å²) in [6, 6.07) is 2.90. The van der Waals surface area contributed by atoms with Crippen LogP contribution in [0.15, 0.2) is 18.3 Å². The van der Waals surface area contributed by atoms with Crippen molar-refractivity contribution in [3.8, 4) is 5.88 Å². The van der Waals surface area contributed by atoms with Crippen molar-refractivity contribution >= 4 is 5.91 Å². The molecule has 26 heavy (non-hydrogen) atoms. The van der Waals surface area contributed by atoms with Crippen molar-refractivity contribution in [1.82, 2.24) is 14.8 Å². The van der Waals surface area contributed by atoms with Gasteiger partial charge >= 0.3 is 0 Å². The first-order chi connectivity index (χ1) is 12.5. The first-order valence-electron chi connectivity index (χ1n) is 9.30. The summed E-state index contributed by atoms with van der Waals surface area (Å²) >= 11 is 0. The summed E-state index contributed by atoms with van der Waals surface area (Å²) in [5.41, 5.74) is -0.166. The Morgan fingerprint density at radius 3 is 2.92 bits per heavy atom. The number of ether oxygens (including phenoxy) is 2. The van der Waals surface area contributed by atoms with Crippen molar-refractivity contribution in [2.24, 2.45) is 5.92 Å². The second-order valence-electron chi connectivity index (χ2n) is 7.44. The minimum absolute atomic E-state index is 0.0598. The van der Waals surface area contributed by atoms with E-state index in [1.165, 1.54) is 12.3 Å². The smallest absolute Gasteiger partial charge is 0.250 e. The highest BCUT2D eigenvalue weighted by Crippen LogP contribution is 2.42. The number of nitrogens with zero attached hydrogens (tertiary/aromatic N) is 3. The van der Waals surface area contributed by atoms with E-state index in [9.17, 15) is 9.18 Å². The molecule has 1 aromatic heterocycles. The van der Waals surface area contributed by atoms with Crippen LogP contribution in [0.5, 0.6) is 5.88 Å². The van der Waals surface area contributed by atoms with Crippen LogP contribution in [0, 0.1) is 11.7 Å². The molecule has 0 aromatic carbocycles. The normalized spacial score (nSPS) is 22.2. The summed E-state index contributed by atoms with van der Waals surface area (Å²) in [5.74, 6) is 0.177. The molecule has 0 bridgehead atoms. The quantitative estimate of drug-likeness (QED) is 0.771. The standard InChI is InChI=1S/C19H28FN3O3/c1-22(2)14-17(24)23-10-7-19(8-11-23)15(6-13-26-19)5-12-25-18-16(20)4-3-9-21-18/h3-4,9,15H,5-8,10-14H2,1-2H3/t15-/m1/s1. The summed E-state index contributed by atoms with van der Waals surface area (Å²) < 4.78 is 25.3. The Kier molecular flexibility index (Phi) is 6.09.